The van der Waals surface area contributed by atoms with E-state index in [0.29, 0.717) is 18.7 Å². The molecule has 0 aliphatic carbocycles. The fraction of sp³-hybridized carbons (Fsp3) is 0.300. The number of carbonyl (C=O) groups is 2. The maximum atomic E-state index is 12.7. The Bertz CT molecular complexity index is 988. The van der Waals surface area contributed by atoms with Crippen LogP contribution in [0.1, 0.15) is 35.2 Å². The molecule has 2 aromatic rings. The van der Waals surface area contributed by atoms with Crippen LogP contribution in [0.25, 0.3) is 0 Å². The average Bonchev–Trinajstić information content (AvgIpc) is 2.86. The second kappa shape index (κ2) is 8.43. The molecule has 7 nitrogen and oxygen atoms in total. The normalized spacial score (nSPS) is 17.3. The third kappa shape index (κ3) is 4.89. The SMILES string of the molecule is Cc1cccc(NS(=O)(=O)c2cccc(C(=O)NC3CCCCNC3=O)c2)c1. The van der Waals surface area contributed by atoms with Gasteiger partial charge in [-0.25, -0.2) is 8.42 Å². The highest BCUT2D eigenvalue weighted by Crippen LogP contribution is 2.18. The molecule has 2 amide bonds. The van der Waals surface area contributed by atoms with Gasteiger partial charge in [0, 0.05) is 17.8 Å². The standard InChI is InChI=1S/C20H23N3O4S/c1-14-6-4-8-16(12-14)23-28(26,27)17-9-5-7-15(13-17)19(24)22-18-10-2-3-11-21-20(18)25/h4-9,12-13,18,23H,2-3,10-11H2,1H3,(H,21,25)(H,22,24). The third-order valence-electron chi connectivity index (χ3n) is 4.52. The van der Waals surface area contributed by atoms with Gasteiger partial charge in [0.1, 0.15) is 6.04 Å². The minimum Gasteiger partial charge on any atom is -0.354 e. The molecule has 1 aliphatic rings. The first-order valence-corrected chi connectivity index (χ1v) is 10.6. The number of rotatable bonds is 5. The monoisotopic (exact) mass is 401 g/mol. The largest absolute Gasteiger partial charge is 0.354 e. The summed E-state index contributed by atoms with van der Waals surface area (Å²) in [7, 11) is -3.85. The summed E-state index contributed by atoms with van der Waals surface area (Å²) < 4.78 is 27.9. The van der Waals surface area contributed by atoms with Crippen LogP contribution in [0.4, 0.5) is 5.69 Å². The van der Waals surface area contributed by atoms with Crippen molar-refractivity contribution in [3.8, 4) is 0 Å². The Balaban J connectivity index is 1.77. The number of sulfonamides is 1. The van der Waals surface area contributed by atoms with Crippen LogP contribution in [0.5, 0.6) is 0 Å². The predicted octanol–water partition coefficient (Wildman–Crippen LogP) is 2.19. The second-order valence-corrected chi connectivity index (χ2v) is 8.50. The van der Waals surface area contributed by atoms with Crippen LogP contribution in [0.2, 0.25) is 0 Å². The Labute approximate surface area is 164 Å². The lowest BCUT2D eigenvalue weighted by molar-refractivity contribution is -0.122. The number of nitrogens with one attached hydrogen (secondary N) is 3. The summed E-state index contributed by atoms with van der Waals surface area (Å²) >= 11 is 0. The van der Waals surface area contributed by atoms with E-state index in [4.69, 9.17) is 0 Å². The summed E-state index contributed by atoms with van der Waals surface area (Å²) in [5, 5.41) is 5.45. The number of amides is 2. The first-order chi connectivity index (χ1) is 13.3. The number of hydrogen-bond donors (Lipinski definition) is 3. The van der Waals surface area contributed by atoms with Gasteiger partial charge in [0.05, 0.1) is 4.90 Å². The zero-order chi connectivity index (χ0) is 20.1. The molecule has 3 N–H and O–H groups in total. The van der Waals surface area contributed by atoms with Gasteiger partial charge in [0.25, 0.3) is 15.9 Å². The molecule has 28 heavy (non-hydrogen) atoms. The fourth-order valence-electron chi connectivity index (χ4n) is 3.05. The van der Waals surface area contributed by atoms with Gasteiger partial charge in [-0.1, -0.05) is 18.2 Å². The Morgan fingerprint density at radius 2 is 1.89 bits per heavy atom. The van der Waals surface area contributed by atoms with Gasteiger partial charge < -0.3 is 10.6 Å². The van der Waals surface area contributed by atoms with Gasteiger partial charge in [0.2, 0.25) is 5.91 Å². The van der Waals surface area contributed by atoms with E-state index in [2.05, 4.69) is 15.4 Å². The number of benzene rings is 2. The zero-order valence-corrected chi connectivity index (χ0v) is 16.4. The highest BCUT2D eigenvalue weighted by atomic mass is 32.2. The lowest BCUT2D eigenvalue weighted by atomic mass is 10.1. The van der Waals surface area contributed by atoms with Crippen LogP contribution in [0.15, 0.2) is 53.4 Å². The van der Waals surface area contributed by atoms with E-state index in [9.17, 15) is 18.0 Å². The zero-order valence-electron chi connectivity index (χ0n) is 15.6. The first kappa shape index (κ1) is 19.9. The van der Waals surface area contributed by atoms with Crippen molar-refractivity contribution < 1.29 is 18.0 Å². The molecule has 0 aromatic heterocycles. The molecule has 1 heterocycles. The van der Waals surface area contributed by atoms with Crippen LogP contribution in [0.3, 0.4) is 0 Å². The van der Waals surface area contributed by atoms with Crippen LogP contribution in [0, 0.1) is 6.92 Å². The maximum Gasteiger partial charge on any atom is 0.261 e. The molecular formula is C20H23N3O4S. The molecule has 0 bridgehead atoms. The molecule has 1 unspecified atom stereocenters. The lowest BCUT2D eigenvalue weighted by Gasteiger charge is -2.15. The smallest absolute Gasteiger partial charge is 0.261 e. The van der Waals surface area contributed by atoms with Crippen LogP contribution < -0.4 is 15.4 Å². The van der Waals surface area contributed by atoms with Crippen molar-refractivity contribution in [2.75, 3.05) is 11.3 Å². The van der Waals surface area contributed by atoms with Crippen molar-refractivity contribution in [3.63, 3.8) is 0 Å². The molecule has 3 rings (SSSR count). The Morgan fingerprint density at radius 3 is 2.68 bits per heavy atom. The van der Waals surface area contributed by atoms with Gasteiger partial charge >= 0.3 is 0 Å². The summed E-state index contributed by atoms with van der Waals surface area (Å²) in [6.45, 7) is 2.47. The number of anilines is 1. The highest BCUT2D eigenvalue weighted by molar-refractivity contribution is 7.92. The van der Waals surface area contributed by atoms with Crippen molar-refractivity contribution in [3.05, 3.63) is 59.7 Å². The van der Waals surface area contributed by atoms with Crippen molar-refractivity contribution in [1.82, 2.24) is 10.6 Å². The predicted molar refractivity (Wildman–Crippen MR) is 107 cm³/mol. The molecule has 0 saturated carbocycles. The molecule has 1 atom stereocenters. The molecule has 1 aliphatic heterocycles. The average molecular weight is 401 g/mol. The van der Waals surface area contributed by atoms with E-state index in [-0.39, 0.29) is 16.4 Å². The van der Waals surface area contributed by atoms with Crippen molar-refractivity contribution in [1.29, 1.82) is 0 Å². The van der Waals surface area contributed by atoms with Gasteiger partial charge in [-0.15, -0.1) is 0 Å². The lowest BCUT2D eigenvalue weighted by Crippen LogP contribution is -2.45. The highest BCUT2D eigenvalue weighted by Gasteiger charge is 2.23. The van der Waals surface area contributed by atoms with E-state index < -0.39 is 22.0 Å². The summed E-state index contributed by atoms with van der Waals surface area (Å²) in [5.74, 6) is -0.689. The summed E-state index contributed by atoms with van der Waals surface area (Å²) in [4.78, 5) is 24.5. The van der Waals surface area contributed by atoms with E-state index in [1.165, 1.54) is 24.3 Å². The molecule has 0 spiro atoms. The first-order valence-electron chi connectivity index (χ1n) is 9.13. The molecule has 1 saturated heterocycles. The summed E-state index contributed by atoms with van der Waals surface area (Å²) in [6.07, 6.45) is 2.26. The number of carbonyl (C=O) groups excluding carboxylic acids is 2. The van der Waals surface area contributed by atoms with E-state index >= 15 is 0 Å². The summed E-state index contributed by atoms with van der Waals surface area (Å²) in [6, 6.07) is 12.2. The van der Waals surface area contributed by atoms with E-state index in [1.807, 2.05) is 13.0 Å². The molecular weight excluding hydrogens is 378 g/mol. The summed E-state index contributed by atoms with van der Waals surface area (Å²) in [5.41, 5.74) is 1.56. The minimum atomic E-state index is -3.85. The Hall–Kier alpha value is -2.87. The quantitative estimate of drug-likeness (QED) is 0.714. The van der Waals surface area contributed by atoms with E-state index in [1.54, 1.807) is 18.2 Å². The van der Waals surface area contributed by atoms with Gasteiger partial charge in [-0.05, 0) is 62.1 Å². The number of hydrogen-bond acceptors (Lipinski definition) is 4. The number of aryl methyl sites for hydroxylation is 1. The van der Waals surface area contributed by atoms with Crippen LogP contribution >= 0.6 is 0 Å². The molecule has 8 heteroatoms. The van der Waals surface area contributed by atoms with Crippen LogP contribution in [-0.4, -0.2) is 32.8 Å². The molecule has 148 valence electrons. The Morgan fingerprint density at radius 1 is 1.11 bits per heavy atom. The topological polar surface area (TPSA) is 104 Å². The van der Waals surface area contributed by atoms with Crippen molar-refractivity contribution >= 4 is 27.5 Å². The Kier molecular flexibility index (Phi) is 5.99. The van der Waals surface area contributed by atoms with Gasteiger partial charge in [-0.3, -0.25) is 14.3 Å². The molecule has 0 radical (unpaired) electrons. The minimum absolute atomic E-state index is 0.0213. The third-order valence-corrected chi connectivity index (χ3v) is 5.90. The fourth-order valence-corrected chi connectivity index (χ4v) is 4.14. The molecule has 1 fully saturated rings. The van der Waals surface area contributed by atoms with Crippen LogP contribution in [-0.2, 0) is 14.8 Å². The van der Waals surface area contributed by atoms with E-state index in [0.717, 1.165) is 18.4 Å². The van der Waals surface area contributed by atoms with Crippen molar-refractivity contribution in [2.45, 2.75) is 37.1 Å². The maximum absolute atomic E-state index is 12.7. The van der Waals surface area contributed by atoms with Gasteiger partial charge in [0.15, 0.2) is 0 Å². The van der Waals surface area contributed by atoms with Crippen molar-refractivity contribution in [2.24, 2.45) is 0 Å². The second-order valence-electron chi connectivity index (χ2n) is 6.82. The molecule has 2 aromatic carbocycles. The van der Waals surface area contributed by atoms with Gasteiger partial charge in [-0.2, -0.15) is 0 Å².